The fourth-order valence-corrected chi connectivity index (χ4v) is 5.78. The highest BCUT2D eigenvalue weighted by Gasteiger charge is 2.32. The van der Waals surface area contributed by atoms with Gasteiger partial charge >= 0.3 is 0 Å². The number of ether oxygens (including phenoxy) is 1. The van der Waals surface area contributed by atoms with Crippen LogP contribution in [-0.2, 0) is 4.84 Å². The third kappa shape index (κ3) is 5.87. The van der Waals surface area contributed by atoms with E-state index in [4.69, 9.17) is 9.57 Å². The van der Waals surface area contributed by atoms with Crippen molar-refractivity contribution in [3.8, 4) is 5.75 Å². The second-order valence-electron chi connectivity index (χ2n) is 9.44. The summed E-state index contributed by atoms with van der Waals surface area (Å²) < 4.78 is 5.38. The molecule has 6 nitrogen and oxygen atoms in total. The maximum Gasteiger partial charge on any atom is 0.119 e. The van der Waals surface area contributed by atoms with Gasteiger partial charge in [-0.05, 0) is 80.1 Å². The lowest BCUT2D eigenvalue weighted by Gasteiger charge is -2.41. The molecule has 5 rings (SSSR count). The molecule has 2 heterocycles. The number of H-pyrrole nitrogens is 1. The standard InChI is InChI=1S/C27H34N4O2.C2H6/c1-32-25-12-9-20-16-22(6-5-21(20)17-25)27(30-33-2)23-4-3-15-31(18-23)24-10-7-19(8-11-24)26-13-14-28-29-26;1-2/h5-6,9,12-14,16-17,19,23-24H,3-4,7-8,10-11,15,18H2,1-2H3,(H,28,29);1-2H3/b30-27-;. The van der Waals surface area contributed by atoms with Crippen LogP contribution in [0.4, 0.5) is 0 Å². The van der Waals surface area contributed by atoms with Gasteiger partial charge in [0.1, 0.15) is 12.9 Å². The highest BCUT2D eigenvalue weighted by atomic mass is 16.6. The molecular formula is C29H40N4O2. The summed E-state index contributed by atoms with van der Waals surface area (Å²) in [6.45, 7) is 6.25. The van der Waals surface area contributed by atoms with Crippen molar-refractivity contribution in [3.63, 3.8) is 0 Å². The molecule has 6 heteroatoms. The minimum Gasteiger partial charge on any atom is -0.497 e. The summed E-state index contributed by atoms with van der Waals surface area (Å²) in [5.41, 5.74) is 3.53. The number of fused-ring (bicyclic) bond motifs is 1. The lowest BCUT2D eigenvalue weighted by Crippen LogP contribution is -2.46. The molecule has 0 radical (unpaired) electrons. The maximum absolute atomic E-state index is 5.38. The van der Waals surface area contributed by atoms with Crippen LogP contribution < -0.4 is 4.74 Å². The minimum atomic E-state index is 0.389. The van der Waals surface area contributed by atoms with E-state index in [9.17, 15) is 0 Å². The van der Waals surface area contributed by atoms with Crippen LogP contribution in [0.25, 0.3) is 10.8 Å². The normalized spacial score (nSPS) is 23.4. The van der Waals surface area contributed by atoms with Gasteiger partial charge in [-0.2, -0.15) is 5.10 Å². The fraction of sp³-hybridized carbons (Fsp3) is 0.517. The van der Waals surface area contributed by atoms with Crippen LogP contribution in [-0.4, -0.2) is 54.2 Å². The quantitative estimate of drug-likeness (QED) is 0.331. The van der Waals surface area contributed by atoms with Gasteiger partial charge in [0, 0.05) is 41.9 Å². The molecule has 0 amide bonds. The third-order valence-electron chi connectivity index (χ3n) is 7.55. The maximum atomic E-state index is 5.38. The fourth-order valence-electron chi connectivity index (χ4n) is 5.78. The molecule has 1 aliphatic heterocycles. The summed E-state index contributed by atoms with van der Waals surface area (Å²) in [7, 11) is 3.36. The van der Waals surface area contributed by atoms with Gasteiger partial charge in [0.15, 0.2) is 0 Å². The van der Waals surface area contributed by atoms with E-state index in [1.165, 1.54) is 55.1 Å². The number of oxime groups is 1. The monoisotopic (exact) mass is 476 g/mol. The van der Waals surface area contributed by atoms with Crippen LogP contribution >= 0.6 is 0 Å². The van der Waals surface area contributed by atoms with E-state index in [0.29, 0.717) is 17.9 Å². The van der Waals surface area contributed by atoms with Gasteiger partial charge in [0.25, 0.3) is 0 Å². The van der Waals surface area contributed by atoms with Crippen molar-refractivity contribution in [1.29, 1.82) is 0 Å². The van der Waals surface area contributed by atoms with Crippen LogP contribution in [0, 0.1) is 5.92 Å². The molecule has 1 unspecified atom stereocenters. The molecule has 2 aliphatic rings. The first-order valence-electron chi connectivity index (χ1n) is 13.2. The molecule has 2 fully saturated rings. The molecule has 0 spiro atoms. The molecule has 1 atom stereocenters. The molecule has 1 N–H and O–H groups in total. The van der Waals surface area contributed by atoms with Gasteiger partial charge in [0.05, 0.1) is 12.8 Å². The average Bonchev–Trinajstić information content (AvgIpc) is 3.48. The summed E-state index contributed by atoms with van der Waals surface area (Å²) in [5, 5.41) is 14.2. The van der Waals surface area contributed by atoms with Crippen LogP contribution in [0.1, 0.15) is 69.5 Å². The molecule has 0 bridgehead atoms. The number of benzene rings is 2. The van der Waals surface area contributed by atoms with Gasteiger partial charge in [-0.1, -0.05) is 37.2 Å². The third-order valence-corrected chi connectivity index (χ3v) is 7.55. The summed E-state index contributed by atoms with van der Waals surface area (Å²) in [6.07, 6.45) is 9.22. The summed E-state index contributed by atoms with van der Waals surface area (Å²) in [6, 6.07) is 15.6. The SMILES string of the molecule is CC.CO/N=C(/c1ccc2cc(OC)ccc2c1)C1CCCN(C2CCC(c3ccn[nH]3)CC2)C1. The Morgan fingerprint density at radius 1 is 0.971 bits per heavy atom. The number of aromatic amines is 1. The predicted molar refractivity (Wildman–Crippen MR) is 143 cm³/mol. The molecule has 1 saturated carbocycles. The highest BCUT2D eigenvalue weighted by Crippen LogP contribution is 2.36. The zero-order valence-electron chi connectivity index (χ0n) is 21.7. The molecular weight excluding hydrogens is 436 g/mol. The van der Waals surface area contributed by atoms with E-state index in [2.05, 4.69) is 56.7 Å². The smallest absolute Gasteiger partial charge is 0.119 e. The Morgan fingerprint density at radius 3 is 2.46 bits per heavy atom. The van der Waals surface area contributed by atoms with Gasteiger partial charge in [-0.15, -0.1) is 0 Å². The Labute approximate surface area is 209 Å². The topological polar surface area (TPSA) is 62.7 Å². The molecule has 3 aromatic rings. The number of piperidine rings is 1. The average molecular weight is 477 g/mol. The van der Waals surface area contributed by atoms with Crippen LogP contribution in [0.2, 0.25) is 0 Å². The van der Waals surface area contributed by atoms with Crippen molar-refractivity contribution >= 4 is 16.5 Å². The Hall–Kier alpha value is -2.86. The van der Waals surface area contributed by atoms with Gasteiger partial charge in [-0.3, -0.25) is 10.00 Å². The van der Waals surface area contributed by atoms with Crippen molar-refractivity contribution in [2.75, 3.05) is 27.3 Å². The van der Waals surface area contributed by atoms with Crippen LogP contribution in [0.5, 0.6) is 5.75 Å². The highest BCUT2D eigenvalue weighted by molar-refractivity contribution is 6.04. The van der Waals surface area contributed by atoms with Crippen LogP contribution in [0.15, 0.2) is 53.8 Å². The zero-order chi connectivity index (χ0) is 24.6. The van der Waals surface area contributed by atoms with E-state index in [0.717, 1.165) is 30.0 Å². The first-order valence-corrected chi connectivity index (χ1v) is 13.2. The number of hydrogen-bond acceptors (Lipinski definition) is 5. The lowest BCUT2D eigenvalue weighted by molar-refractivity contribution is 0.109. The number of rotatable bonds is 6. The molecule has 1 aromatic heterocycles. The largest absolute Gasteiger partial charge is 0.497 e. The van der Waals surface area contributed by atoms with Gasteiger partial charge < -0.3 is 9.57 Å². The number of aromatic nitrogens is 2. The van der Waals surface area contributed by atoms with E-state index in [-0.39, 0.29) is 0 Å². The Morgan fingerprint density at radius 2 is 1.74 bits per heavy atom. The van der Waals surface area contributed by atoms with Gasteiger partial charge in [-0.25, -0.2) is 0 Å². The van der Waals surface area contributed by atoms with E-state index in [1.807, 2.05) is 26.1 Å². The predicted octanol–water partition coefficient (Wildman–Crippen LogP) is 6.39. The van der Waals surface area contributed by atoms with E-state index in [1.54, 1.807) is 14.2 Å². The number of hydrogen-bond donors (Lipinski definition) is 1. The van der Waals surface area contributed by atoms with E-state index >= 15 is 0 Å². The second kappa shape index (κ2) is 12.2. The Balaban J connectivity index is 0.00000141. The Bertz CT molecular complexity index is 1090. The zero-order valence-corrected chi connectivity index (χ0v) is 21.7. The number of likely N-dealkylation sites (tertiary alicyclic amines) is 1. The van der Waals surface area contributed by atoms with E-state index < -0.39 is 0 Å². The van der Waals surface area contributed by atoms with Crippen molar-refractivity contribution < 1.29 is 9.57 Å². The van der Waals surface area contributed by atoms with Crippen molar-refractivity contribution in [2.24, 2.45) is 11.1 Å². The van der Waals surface area contributed by atoms with Crippen molar-refractivity contribution in [3.05, 3.63) is 59.9 Å². The number of methoxy groups -OCH3 is 1. The molecule has 2 aromatic carbocycles. The first kappa shape index (κ1) is 25.2. The van der Waals surface area contributed by atoms with Crippen molar-refractivity contribution in [1.82, 2.24) is 15.1 Å². The summed E-state index contributed by atoms with van der Waals surface area (Å²) in [4.78, 5) is 8.05. The summed E-state index contributed by atoms with van der Waals surface area (Å²) >= 11 is 0. The minimum absolute atomic E-state index is 0.389. The molecule has 1 aliphatic carbocycles. The second-order valence-corrected chi connectivity index (χ2v) is 9.44. The molecule has 188 valence electrons. The van der Waals surface area contributed by atoms with Crippen LogP contribution in [0.3, 0.4) is 0 Å². The molecule has 35 heavy (non-hydrogen) atoms. The summed E-state index contributed by atoms with van der Waals surface area (Å²) in [5.74, 6) is 1.90. The lowest BCUT2D eigenvalue weighted by atomic mass is 9.81. The van der Waals surface area contributed by atoms with Crippen molar-refractivity contribution in [2.45, 2.75) is 64.3 Å². The Kier molecular flexibility index (Phi) is 8.80. The number of nitrogens with one attached hydrogen (secondary N) is 1. The first-order chi connectivity index (χ1) is 17.2. The number of nitrogens with zero attached hydrogens (tertiary/aromatic N) is 3. The van der Waals surface area contributed by atoms with Gasteiger partial charge in [0.2, 0.25) is 0 Å². The molecule has 1 saturated heterocycles.